The van der Waals surface area contributed by atoms with E-state index in [4.69, 9.17) is 9.79 Å². The van der Waals surface area contributed by atoms with Gasteiger partial charge < -0.3 is 9.79 Å². The van der Waals surface area contributed by atoms with Gasteiger partial charge in [0.15, 0.2) is 0 Å². The van der Waals surface area contributed by atoms with E-state index in [0.717, 1.165) is 0 Å². The van der Waals surface area contributed by atoms with Gasteiger partial charge >= 0.3 is 7.82 Å². The Morgan fingerprint density at radius 1 is 1.33 bits per heavy atom. The Hall–Kier alpha value is 1.55. The maximum Gasteiger partial charge on any atom is 0.469 e. The molecule has 0 saturated heterocycles. The van der Waals surface area contributed by atoms with Gasteiger partial charge in [0.05, 0.1) is 6.61 Å². The van der Waals surface area contributed by atoms with Crippen molar-refractivity contribution in [2.75, 3.05) is 6.61 Å². The summed E-state index contributed by atoms with van der Waals surface area (Å²) in [4.78, 5) is 16.6. The summed E-state index contributed by atoms with van der Waals surface area (Å²) in [5.74, 6) is 0. The molecule has 0 atom stereocenters. The molecule has 2 N–H and O–H groups in total. The smallest absolute Gasteiger partial charge is 0.303 e. The second kappa shape index (κ2) is 5.44. The monoisotopic (exact) mass is 388 g/mol. The van der Waals surface area contributed by atoms with Gasteiger partial charge in [0, 0.05) is 0 Å². The average molecular weight is 391 g/mol. The molecular weight excluding hydrogens is 383 g/mol. The molecule has 0 heterocycles. The summed E-state index contributed by atoms with van der Waals surface area (Å²) in [5.41, 5.74) is 0. The fourth-order valence-corrected chi connectivity index (χ4v) is 1.66. The van der Waals surface area contributed by atoms with Crippen LogP contribution in [0.1, 0.15) is 12.8 Å². The molecular formula is C4H8Br3O4P. The minimum atomic E-state index is -4.29. The average Bonchev–Trinajstić information content (AvgIpc) is 1.76. The zero-order chi connectivity index (χ0) is 9.83. The summed E-state index contributed by atoms with van der Waals surface area (Å²) in [7, 11) is -4.29. The summed E-state index contributed by atoms with van der Waals surface area (Å²) in [5, 5.41) is 0. The van der Waals surface area contributed by atoms with Crippen LogP contribution in [-0.2, 0) is 9.09 Å². The summed E-state index contributed by atoms with van der Waals surface area (Å²) in [6.45, 7) is 0.0365. The first-order valence-electron chi connectivity index (χ1n) is 2.97. The van der Waals surface area contributed by atoms with E-state index in [2.05, 4.69) is 52.3 Å². The first-order valence-corrected chi connectivity index (χ1v) is 6.88. The van der Waals surface area contributed by atoms with Crippen LogP contribution in [0.5, 0.6) is 0 Å². The van der Waals surface area contributed by atoms with E-state index in [1.807, 2.05) is 0 Å². The second-order valence-electron chi connectivity index (χ2n) is 2.04. The van der Waals surface area contributed by atoms with Crippen molar-refractivity contribution in [2.45, 2.75) is 15.0 Å². The number of hydrogen-bond acceptors (Lipinski definition) is 2. The minimum Gasteiger partial charge on any atom is -0.303 e. The molecule has 0 unspecified atom stereocenters. The first-order chi connectivity index (χ1) is 5.21. The third-order valence-corrected chi connectivity index (χ3v) is 2.57. The molecule has 4 nitrogen and oxygen atoms in total. The number of halogens is 3. The zero-order valence-corrected chi connectivity index (χ0v) is 11.6. The molecule has 0 aromatic heterocycles. The van der Waals surface area contributed by atoms with Crippen molar-refractivity contribution in [1.82, 2.24) is 0 Å². The maximum atomic E-state index is 10.2. The molecule has 0 radical (unpaired) electrons. The molecule has 12 heavy (non-hydrogen) atoms. The van der Waals surface area contributed by atoms with Gasteiger partial charge in [-0.05, 0) is 12.8 Å². The molecule has 0 aromatic carbocycles. The van der Waals surface area contributed by atoms with Gasteiger partial charge in [-0.1, -0.05) is 47.8 Å². The SMILES string of the molecule is O=P(O)(O)OCCCC(Br)(Br)Br. The van der Waals surface area contributed by atoms with E-state index in [9.17, 15) is 4.57 Å². The summed E-state index contributed by atoms with van der Waals surface area (Å²) in [6.07, 6.45) is 1.18. The van der Waals surface area contributed by atoms with Crippen LogP contribution in [0.4, 0.5) is 0 Å². The Morgan fingerprint density at radius 2 is 1.83 bits per heavy atom. The van der Waals surface area contributed by atoms with Crippen molar-refractivity contribution in [3.05, 3.63) is 0 Å². The molecule has 0 spiro atoms. The fourth-order valence-electron chi connectivity index (χ4n) is 0.456. The highest BCUT2D eigenvalue weighted by molar-refractivity contribution is 9.39. The summed E-state index contributed by atoms with van der Waals surface area (Å²) >= 11 is 9.73. The predicted octanol–water partition coefficient (Wildman–Crippen LogP) is 2.71. The van der Waals surface area contributed by atoms with E-state index in [0.29, 0.717) is 12.8 Å². The van der Waals surface area contributed by atoms with Crippen LogP contribution in [-0.4, -0.2) is 18.5 Å². The standard InChI is InChI=1S/C4H8Br3O4P/c5-4(6,7)2-1-3-11-12(8,9)10/h1-3H2,(H2,8,9,10). The molecule has 0 rings (SSSR count). The Bertz CT molecular complexity index is 174. The predicted molar refractivity (Wildman–Crippen MR) is 56.7 cm³/mol. The van der Waals surface area contributed by atoms with Crippen molar-refractivity contribution in [3.8, 4) is 0 Å². The quantitative estimate of drug-likeness (QED) is 0.440. The molecule has 0 amide bonds. The van der Waals surface area contributed by atoms with Crippen LogP contribution >= 0.6 is 55.6 Å². The van der Waals surface area contributed by atoms with E-state index in [1.165, 1.54) is 0 Å². The molecule has 0 aromatic rings. The Kier molecular flexibility index (Phi) is 6.14. The number of phosphoric ester groups is 1. The topological polar surface area (TPSA) is 66.8 Å². The molecule has 0 aliphatic heterocycles. The highest BCUT2D eigenvalue weighted by Gasteiger charge is 2.18. The maximum absolute atomic E-state index is 10.2. The molecule has 0 aliphatic rings. The van der Waals surface area contributed by atoms with Crippen LogP contribution < -0.4 is 0 Å². The van der Waals surface area contributed by atoms with Gasteiger partial charge in [-0.3, -0.25) is 4.52 Å². The first kappa shape index (κ1) is 13.5. The van der Waals surface area contributed by atoms with E-state index >= 15 is 0 Å². The van der Waals surface area contributed by atoms with Gasteiger partial charge in [0.2, 0.25) is 0 Å². The number of hydrogen-bond donors (Lipinski definition) is 2. The van der Waals surface area contributed by atoms with Crippen molar-refractivity contribution < 1.29 is 18.9 Å². The lowest BCUT2D eigenvalue weighted by Crippen LogP contribution is -2.01. The van der Waals surface area contributed by atoms with Crippen molar-refractivity contribution >= 4 is 55.6 Å². The van der Waals surface area contributed by atoms with Crippen molar-refractivity contribution in [2.24, 2.45) is 0 Å². The molecule has 0 saturated carbocycles. The fraction of sp³-hybridized carbons (Fsp3) is 1.00. The molecule has 8 heteroatoms. The van der Waals surface area contributed by atoms with E-state index < -0.39 is 7.82 Å². The van der Waals surface area contributed by atoms with Gasteiger partial charge in [-0.15, -0.1) is 0 Å². The lowest BCUT2D eigenvalue weighted by molar-refractivity contribution is 0.194. The van der Waals surface area contributed by atoms with Gasteiger partial charge in [0.1, 0.15) is 2.14 Å². The van der Waals surface area contributed by atoms with Gasteiger partial charge in [-0.25, -0.2) is 4.57 Å². The van der Waals surface area contributed by atoms with Crippen LogP contribution in [0.3, 0.4) is 0 Å². The van der Waals surface area contributed by atoms with Gasteiger partial charge in [0.25, 0.3) is 0 Å². The van der Waals surface area contributed by atoms with Crippen LogP contribution in [0.25, 0.3) is 0 Å². The normalized spacial score (nSPS) is 13.4. The Morgan fingerprint density at radius 3 is 2.17 bits per heavy atom. The highest BCUT2D eigenvalue weighted by Crippen LogP contribution is 2.40. The third-order valence-electron chi connectivity index (χ3n) is 0.864. The highest BCUT2D eigenvalue weighted by atomic mass is 80.0. The van der Waals surface area contributed by atoms with Crippen LogP contribution in [0.2, 0.25) is 0 Å². The number of alkyl halides is 3. The van der Waals surface area contributed by atoms with Crippen molar-refractivity contribution in [1.29, 1.82) is 0 Å². The van der Waals surface area contributed by atoms with E-state index in [-0.39, 0.29) is 8.75 Å². The minimum absolute atomic E-state index is 0.0365. The zero-order valence-electron chi connectivity index (χ0n) is 5.91. The number of phosphoric acid groups is 1. The van der Waals surface area contributed by atoms with E-state index in [1.54, 1.807) is 0 Å². The lowest BCUT2D eigenvalue weighted by Gasteiger charge is -2.11. The summed E-state index contributed by atoms with van der Waals surface area (Å²) < 4.78 is 14.1. The molecule has 74 valence electrons. The van der Waals surface area contributed by atoms with Crippen LogP contribution in [0, 0.1) is 0 Å². The third kappa shape index (κ3) is 11.6. The molecule has 0 fully saturated rings. The second-order valence-corrected chi connectivity index (χ2v) is 10.5. The van der Waals surface area contributed by atoms with Crippen molar-refractivity contribution in [3.63, 3.8) is 0 Å². The van der Waals surface area contributed by atoms with Gasteiger partial charge in [-0.2, -0.15) is 0 Å². The summed E-state index contributed by atoms with van der Waals surface area (Å²) in [6, 6.07) is 0. The number of rotatable bonds is 4. The Labute approximate surface area is 95.7 Å². The molecule has 0 aliphatic carbocycles. The molecule has 0 bridgehead atoms. The van der Waals surface area contributed by atoms with Crippen LogP contribution in [0.15, 0.2) is 0 Å². The largest absolute Gasteiger partial charge is 0.469 e. The Balaban J connectivity index is 3.41. The lowest BCUT2D eigenvalue weighted by atomic mass is 10.4.